The number of benzene rings is 2. The summed E-state index contributed by atoms with van der Waals surface area (Å²) < 4.78 is 83.3. The number of nitrogens with zero attached hydrogens (tertiary/aromatic N) is 4. The highest BCUT2D eigenvalue weighted by molar-refractivity contribution is 5.61. The van der Waals surface area contributed by atoms with Crippen LogP contribution in [0.15, 0.2) is 53.2 Å². The number of likely N-dealkylation sites (tertiary alicyclic amines) is 1. The first-order valence-corrected chi connectivity index (χ1v) is 11.9. The molecule has 4 aromatic rings. The number of nitrogens with one attached hydrogen (secondary N) is 1. The Balaban J connectivity index is 1.19. The average molecular weight is 535 g/mol. The molecule has 1 saturated heterocycles. The van der Waals surface area contributed by atoms with Crippen LogP contribution < -0.4 is 0 Å². The van der Waals surface area contributed by atoms with Gasteiger partial charge in [0.1, 0.15) is 5.82 Å². The summed E-state index contributed by atoms with van der Waals surface area (Å²) in [5, 5.41) is 3.92. The van der Waals surface area contributed by atoms with Gasteiger partial charge in [-0.05, 0) is 74.3 Å². The molecule has 0 atom stereocenters. The van der Waals surface area contributed by atoms with Crippen molar-refractivity contribution in [2.24, 2.45) is 0 Å². The number of aromatic amines is 1. The Morgan fingerprint density at radius 2 is 1.74 bits per heavy atom. The molecule has 5 rings (SSSR count). The van der Waals surface area contributed by atoms with E-state index in [-0.39, 0.29) is 22.9 Å². The fourth-order valence-corrected chi connectivity index (χ4v) is 4.67. The van der Waals surface area contributed by atoms with Crippen molar-refractivity contribution in [3.05, 3.63) is 77.0 Å². The predicted molar refractivity (Wildman–Crippen MR) is 126 cm³/mol. The number of aryl methyl sites for hydroxylation is 1. The summed E-state index contributed by atoms with van der Waals surface area (Å²) in [6, 6.07) is 8.77. The smallest absolute Gasteiger partial charge is 0.342 e. The first kappa shape index (κ1) is 26.0. The van der Waals surface area contributed by atoms with Gasteiger partial charge in [0, 0.05) is 11.5 Å². The van der Waals surface area contributed by atoms with Crippen molar-refractivity contribution in [2.45, 2.75) is 44.6 Å². The van der Waals surface area contributed by atoms with Crippen LogP contribution in [0.5, 0.6) is 0 Å². The molecule has 0 amide bonds. The van der Waals surface area contributed by atoms with Crippen molar-refractivity contribution < 1.29 is 30.9 Å². The Labute approximate surface area is 213 Å². The summed E-state index contributed by atoms with van der Waals surface area (Å²) in [7, 11) is 0. The molecule has 12 heteroatoms. The molecule has 1 fully saturated rings. The Hall–Kier alpha value is -3.67. The third-order valence-corrected chi connectivity index (χ3v) is 6.68. The monoisotopic (exact) mass is 535 g/mol. The lowest BCUT2D eigenvalue weighted by Gasteiger charge is -2.30. The third-order valence-electron chi connectivity index (χ3n) is 6.68. The minimum atomic E-state index is -4.46. The van der Waals surface area contributed by atoms with E-state index in [2.05, 4.69) is 25.0 Å². The van der Waals surface area contributed by atoms with E-state index in [1.54, 1.807) is 6.20 Å². The van der Waals surface area contributed by atoms with Crippen LogP contribution in [0, 0.1) is 6.92 Å². The number of alkyl halides is 6. The summed E-state index contributed by atoms with van der Waals surface area (Å²) in [5.41, 5.74) is 0.211. The van der Waals surface area contributed by atoms with Gasteiger partial charge in [-0.3, -0.25) is 4.90 Å². The normalized spacial score (nSPS) is 15.8. The van der Waals surface area contributed by atoms with Crippen LogP contribution in [-0.2, 0) is 18.9 Å². The molecule has 0 aliphatic carbocycles. The molecular weight excluding hydrogens is 512 g/mol. The lowest BCUT2D eigenvalue weighted by Crippen LogP contribution is -2.33. The molecule has 38 heavy (non-hydrogen) atoms. The molecule has 0 spiro atoms. The number of halogens is 6. The van der Waals surface area contributed by atoms with Gasteiger partial charge in [0.2, 0.25) is 0 Å². The van der Waals surface area contributed by atoms with Crippen molar-refractivity contribution in [1.29, 1.82) is 0 Å². The first-order valence-electron chi connectivity index (χ1n) is 11.9. The lowest BCUT2D eigenvalue weighted by molar-refractivity contribution is -0.138. The topological polar surface area (TPSA) is 70.8 Å². The highest BCUT2D eigenvalue weighted by atomic mass is 19.4. The maximum atomic E-state index is 13.1. The standard InChI is InChI=1S/C26H23F6N5O/c1-15-11-17(5-6-20(15)26(30,31)32)21-13-33-23(34-21)16-7-9-37(10-8-16)14-22-35-24(38-36-22)18-3-2-4-19(12-18)25(27,28)29/h2-6,11-13,16H,7-10,14H2,1H3,(H,33,34). The fourth-order valence-electron chi connectivity index (χ4n) is 4.67. The van der Waals surface area contributed by atoms with Gasteiger partial charge in [0.25, 0.3) is 5.89 Å². The van der Waals surface area contributed by atoms with Gasteiger partial charge < -0.3 is 9.51 Å². The second kappa shape index (κ2) is 9.90. The molecule has 0 saturated carbocycles. The molecule has 0 unspecified atom stereocenters. The van der Waals surface area contributed by atoms with E-state index in [0.717, 1.165) is 36.9 Å². The second-order valence-electron chi connectivity index (χ2n) is 9.35. The molecule has 2 aromatic heterocycles. The zero-order chi connectivity index (χ0) is 27.1. The quantitative estimate of drug-likeness (QED) is 0.283. The van der Waals surface area contributed by atoms with Gasteiger partial charge in [0.05, 0.1) is 29.6 Å². The average Bonchev–Trinajstić information content (AvgIpc) is 3.54. The molecule has 1 N–H and O–H groups in total. The number of piperidine rings is 1. The summed E-state index contributed by atoms with van der Waals surface area (Å²) in [5.74, 6) is 1.35. The van der Waals surface area contributed by atoms with Crippen molar-refractivity contribution in [1.82, 2.24) is 25.0 Å². The van der Waals surface area contributed by atoms with Crippen LogP contribution in [0.2, 0.25) is 0 Å². The zero-order valence-corrected chi connectivity index (χ0v) is 20.2. The number of rotatable bonds is 5. The fraction of sp³-hybridized carbons (Fsp3) is 0.346. The van der Waals surface area contributed by atoms with Crippen LogP contribution in [0.25, 0.3) is 22.7 Å². The van der Waals surface area contributed by atoms with E-state index in [1.165, 1.54) is 31.2 Å². The Morgan fingerprint density at radius 1 is 0.974 bits per heavy atom. The number of H-pyrrole nitrogens is 1. The maximum absolute atomic E-state index is 13.1. The van der Waals surface area contributed by atoms with E-state index >= 15 is 0 Å². The SMILES string of the molecule is Cc1cc(-c2cnc(C3CCN(Cc4noc(-c5cccc(C(F)(F)F)c5)n4)CC3)[nH]2)ccc1C(F)(F)F. The zero-order valence-electron chi connectivity index (χ0n) is 20.2. The van der Waals surface area contributed by atoms with Crippen molar-refractivity contribution in [2.75, 3.05) is 13.1 Å². The van der Waals surface area contributed by atoms with Crippen LogP contribution >= 0.6 is 0 Å². The van der Waals surface area contributed by atoms with E-state index in [9.17, 15) is 26.3 Å². The molecule has 1 aliphatic rings. The molecule has 1 aliphatic heterocycles. The van der Waals surface area contributed by atoms with E-state index in [4.69, 9.17) is 4.52 Å². The minimum absolute atomic E-state index is 0.0302. The van der Waals surface area contributed by atoms with Crippen LogP contribution in [0.3, 0.4) is 0 Å². The lowest BCUT2D eigenvalue weighted by atomic mass is 9.96. The van der Waals surface area contributed by atoms with Crippen molar-refractivity contribution in [3.63, 3.8) is 0 Å². The van der Waals surface area contributed by atoms with E-state index in [0.29, 0.717) is 36.7 Å². The molecule has 6 nitrogen and oxygen atoms in total. The van der Waals surface area contributed by atoms with Crippen LogP contribution in [-0.4, -0.2) is 38.1 Å². The van der Waals surface area contributed by atoms with Crippen molar-refractivity contribution >= 4 is 0 Å². The Morgan fingerprint density at radius 3 is 2.42 bits per heavy atom. The number of hydrogen-bond donors (Lipinski definition) is 1. The Kier molecular flexibility index (Phi) is 6.76. The van der Waals surface area contributed by atoms with Crippen LogP contribution in [0.4, 0.5) is 26.3 Å². The molecule has 0 radical (unpaired) electrons. The molecule has 0 bridgehead atoms. The molecular formula is C26H23F6N5O. The highest BCUT2D eigenvalue weighted by Gasteiger charge is 2.33. The van der Waals surface area contributed by atoms with E-state index < -0.39 is 23.5 Å². The maximum Gasteiger partial charge on any atom is 0.416 e. The van der Waals surface area contributed by atoms with Gasteiger partial charge in [-0.15, -0.1) is 0 Å². The summed E-state index contributed by atoms with van der Waals surface area (Å²) in [4.78, 5) is 14.1. The van der Waals surface area contributed by atoms with Gasteiger partial charge in [-0.1, -0.05) is 17.3 Å². The largest absolute Gasteiger partial charge is 0.416 e. The predicted octanol–water partition coefficient (Wildman–Crippen LogP) is 6.85. The second-order valence-corrected chi connectivity index (χ2v) is 9.35. The van der Waals surface area contributed by atoms with Gasteiger partial charge in [0.15, 0.2) is 5.82 Å². The minimum Gasteiger partial charge on any atom is -0.342 e. The molecule has 200 valence electrons. The van der Waals surface area contributed by atoms with Gasteiger partial charge >= 0.3 is 12.4 Å². The van der Waals surface area contributed by atoms with E-state index in [1.807, 2.05) is 0 Å². The van der Waals surface area contributed by atoms with Gasteiger partial charge in [-0.2, -0.15) is 31.3 Å². The molecule has 2 aromatic carbocycles. The first-order chi connectivity index (χ1) is 18.0. The highest BCUT2D eigenvalue weighted by Crippen LogP contribution is 2.35. The van der Waals surface area contributed by atoms with Crippen LogP contribution in [0.1, 0.15) is 47.1 Å². The Bertz CT molecular complexity index is 1420. The summed E-state index contributed by atoms with van der Waals surface area (Å²) in [6.45, 7) is 3.26. The number of imidazole rings is 1. The summed E-state index contributed by atoms with van der Waals surface area (Å²) in [6.07, 6.45) is -5.64. The number of aromatic nitrogens is 4. The van der Waals surface area contributed by atoms with Crippen molar-refractivity contribution in [3.8, 4) is 22.7 Å². The van der Waals surface area contributed by atoms with Gasteiger partial charge in [-0.25, -0.2) is 4.98 Å². The summed E-state index contributed by atoms with van der Waals surface area (Å²) >= 11 is 0. The number of hydrogen-bond acceptors (Lipinski definition) is 5. The third kappa shape index (κ3) is 5.59. The molecule has 3 heterocycles.